The summed E-state index contributed by atoms with van der Waals surface area (Å²) >= 11 is 0. The Kier molecular flexibility index (Phi) is 3.20. The first-order valence-electron chi connectivity index (χ1n) is 5.00. The molecule has 0 unspecified atom stereocenters. The Labute approximate surface area is 82.1 Å². The monoisotopic (exact) mass is 181 g/mol. The fraction of sp³-hybridized carbons (Fsp3) is 0.800. The van der Waals surface area contributed by atoms with E-state index in [4.69, 9.17) is 4.65 Å². The van der Waals surface area contributed by atoms with Crippen molar-refractivity contribution >= 4 is 7.05 Å². The van der Waals surface area contributed by atoms with Crippen molar-refractivity contribution in [3.05, 3.63) is 12.1 Å². The Morgan fingerprint density at radius 1 is 1.38 bits per heavy atom. The molecule has 1 heterocycles. The van der Waals surface area contributed by atoms with E-state index in [1.54, 1.807) is 0 Å². The molecule has 0 aromatic heterocycles. The second-order valence-electron chi connectivity index (χ2n) is 4.83. The summed E-state index contributed by atoms with van der Waals surface area (Å²) in [5, 5.41) is 0. The molecule has 0 spiro atoms. The molecule has 74 valence electrons. The van der Waals surface area contributed by atoms with E-state index in [-0.39, 0.29) is 18.7 Å². The van der Waals surface area contributed by atoms with Crippen LogP contribution in [-0.4, -0.2) is 30.0 Å². The molecule has 13 heavy (non-hydrogen) atoms. The van der Waals surface area contributed by atoms with E-state index < -0.39 is 0 Å². The van der Waals surface area contributed by atoms with Gasteiger partial charge in [0, 0.05) is 18.2 Å². The summed E-state index contributed by atoms with van der Waals surface area (Å²) in [5.41, 5.74) is 0.184. The summed E-state index contributed by atoms with van der Waals surface area (Å²) in [6.45, 7) is 11.8. The summed E-state index contributed by atoms with van der Waals surface area (Å²) in [7, 11) is 0.167. The Bertz CT molecular complexity index is 196. The minimum absolute atomic E-state index is 0.167. The number of hydrogen-bond donors (Lipinski definition) is 0. The molecule has 1 rings (SSSR count). The van der Waals surface area contributed by atoms with Crippen LogP contribution in [0, 0.1) is 0 Å². The molecule has 3 heteroatoms. The minimum Gasteiger partial charge on any atom is -0.416 e. The lowest BCUT2D eigenvalue weighted by Crippen LogP contribution is -2.49. The zero-order valence-corrected chi connectivity index (χ0v) is 9.37. The van der Waals surface area contributed by atoms with Gasteiger partial charge in [-0.1, -0.05) is 12.1 Å². The van der Waals surface area contributed by atoms with Crippen LogP contribution in [0.2, 0.25) is 0 Å². The number of hydrogen-bond acceptors (Lipinski definition) is 2. The summed E-state index contributed by atoms with van der Waals surface area (Å²) in [4.78, 5) is 2.35. The van der Waals surface area contributed by atoms with Crippen molar-refractivity contribution in [3.63, 3.8) is 0 Å². The molecule has 0 saturated heterocycles. The fourth-order valence-electron chi connectivity index (χ4n) is 1.55. The van der Waals surface area contributed by atoms with Crippen LogP contribution in [-0.2, 0) is 4.65 Å². The molecule has 1 aliphatic heterocycles. The average Bonchev–Trinajstić information content (AvgIpc) is 2.31. The van der Waals surface area contributed by atoms with Gasteiger partial charge in [-0.25, -0.2) is 0 Å². The van der Waals surface area contributed by atoms with Gasteiger partial charge in [-0.2, -0.15) is 0 Å². The Hall–Kier alpha value is -0.275. The summed E-state index contributed by atoms with van der Waals surface area (Å²) in [6, 6.07) is 0. The van der Waals surface area contributed by atoms with Crippen molar-refractivity contribution in [1.29, 1.82) is 0 Å². The van der Waals surface area contributed by atoms with Gasteiger partial charge in [0.15, 0.2) is 0 Å². The number of rotatable bonds is 2. The highest BCUT2D eigenvalue weighted by Gasteiger charge is 2.34. The molecule has 0 atom stereocenters. The quantitative estimate of drug-likeness (QED) is 0.605. The highest BCUT2D eigenvalue weighted by atomic mass is 16.5. The third kappa shape index (κ3) is 2.85. The van der Waals surface area contributed by atoms with Gasteiger partial charge in [0.05, 0.1) is 0 Å². The van der Waals surface area contributed by atoms with Crippen molar-refractivity contribution < 1.29 is 4.65 Å². The van der Waals surface area contributed by atoms with Crippen LogP contribution in [0.1, 0.15) is 34.6 Å². The fourth-order valence-corrected chi connectivity index (χ4v) is 1.55. The van der Waals surface area contributed by atoms with Gasteiger partial charge in [0.2, 0.25) is 0 Å². The predicted molar refractivity (Wildman–Crippen MR) is 57.6 cm³/mol. The lowest BCUT2D eigenvalue weighted by molar-refractivity contribution is 0.175. The molecule has 0 saturated carbocycles. The van der Waals surface area contributed by atoms with Crippen molar-refractivity contribution in [2.45, 2.75) is 46.3 Å². The predicted octanol–water partition coefficient (Wildman–Crippen LogP) is 2.11. The summed E-state index contributed by atoms with van der Waals surface area (Å²) in [6.07, 6.45) is 2.47. The molecule has 0 aromatic carbocycles. The molecule has 0 fully saturated rings. The standard InChI is InChI=1S/C10H20BNO/c1-9(2)13-11-7-6-8-12(11)10(3,4)5/h6-7,9H,8H2,1-5H3. The largest absolute Gasteiger partial charge is 0.416 e. The van der Waals surface area contributed by atoms with Crippen LogP contribution in [0.3, 0.4) is 0 Å². The third-order valence-electron chi connectivity index (χ3n) is 2.18. The first-order valence-corrected chi connectivity index (χ1v) is 5.00. The smallest absolute Gasteiger partial charge is 0.411 e. The highest BCUT2D eigenvalue weighted by molar-refractivity contribution is 6.55. The normalized spacial score (nSPS) is 19.1. The van der Waals surface area contributed by atoms with Crippen LogP contribution in [0.4, 0.5) is 0 Å². The molecule has 0 bridgehead atoms. The van der Waals surface area contributed by atoms with Gasteiger partial charge in [0.1, 0.15) is 0 Å². The van der Waals surface area contributed by atoms with Gasteiger partial charge in [-0.3, -0.25) is 0 Å². The van der Waals surface area contributed by atoms with Crippen molar-refractivity contribution in [1.82, 2.24) is 4.81 Å². The van der Waals surface area contributed by atoms with Crippen LogP contribution in [0.25, 0.3) is 0 Å². The Morgan fingerprint density at radius 2 is 2.00 bits per heavy atom. The van der Waals surface area contributed by atoms with Crippen LogP contribution in [0.5, 0.6) is 0 Å². The topological polar surface area (TPSA) is 12.5 Å². The molecular formula is C10H20BNO. The van der Waals surface area contributed by atoms with E-state index in [0.29, 0.717) is 0 Å². The van der Waals surface area contributed by atoms with Crippen LogP contribution < -0.4 is 0 Å². The SMILES string of the molecule is CC(C)OB1C=CCN1C(C)(C)C. The van der Waals surface area contributed by atoms with Gasteiger partial charge in [-0.05, 0) is 34.6 Å². The molecule has 0 aliphatic carbocycles. The first kappa shape index (κ1) is 10.8. The van der Waals surface area contributed by atoms with E-state index in [2.05, 4.69) is 51.5 Å². The highest BCUT2D eigenvalue weighted by Crippen LogP contribution is 2.20. The number of nitrogens with zero attached hydrogens (tertiary/aromatic N) is 1. The maximum absolute atomic E-state index is 5.79. The molecule has 0 radical (unpaired) electrons. The molecule has 0 amide bonds. The molecule has 0 aromatic rings. The Morgan fingerprint density at radius 3 is 2.46 bits per heavy atom. The van der Waals surface area contributed by atoms with Gasteiger partial charge >= 0.3 is 7.05 Å². The first-order chi connectivity index (χ1) is 5.91. The summed E-state index contributed by atoms with van der Waals surface area (Å²) < 4.78 is 5.79. The lowest BCUT2D eigenvalue weighted by atomic mass is 9.79. The molecule has 1 aliphatic rings. The van der Waals surface area contributed by atoms with E-state index in [1.807, 2.05) is 0 Å². The van der Waals surface area contributed by atoms with E-state index in [0.717, 1.165) is 6.54 Å². The van der Waals surface area contributed by atoms with Gasteiger partial charge < -0.3 is 9.47 Å². The second-order valence-corrected chi connectivity index (χ2v) is 4.83. The average molecular weight is 181 g/mol. The second kappa shape index (κ2) is 3.85. The Balaban J connectivity index is 2.58. The van der Waals surface area contributed by atoms with E-state index in [1.165, 1.54) is 0 Å². The maximum Gasteiger partial charge on any atom is 0.411 e. The molecule has 0 N–H and O–H groups in total. The minimum atomic E-state index is 0.167. The third-order valence-corrected chi connectivity index (χ3v) is 2.18. The van der Waals surface area contributed by atoms with Crippen LogP contribution >= 0.6 is 0 Å². The maximum atomic E-state index is 5.79. The molecule has 2 nitrogen and oxygen atoms in total. The zero-order valence-electron chi connectivity index (χ0n) is 9.37. The van der Waals surface area contributed by atoms with Gasteiger partial charge in [-0.15, -0.1) is 0 Å². The zero-order chi connectivity index (χ0) is 10.1. The van der Waals surface area contributed by atoms with Crippen LogP contribution in [0.15, 0.2) is 12.1 Å². The van der Waals surface area contributed by atoms with Crippen molar-refractivity contribution in [2.24, 2.45) is 0 Å². The van der Waals surface area contributed by atoms with Crippen molar-refractivity contribution in [2.75, 3.05) is 6.54 Å². The van der Waals surface area contributed by atoms with Crippen molar-refractivity contribution in [3.8, 4) is 0 Å². The van der Waals surface area contributed by atoms with E-state index >= 15 is 0 Å². The van der Waals surface area contributed by atoms with E-state index in [9.17, 15) is 0 Å². The summed E-state index contributed by atoms with van der Waals surface area (Å²) in [5.74, 6) is 2.14. The molecular weight excluding hydrogens is 161 g/mol. The van der Waals surface area contributed by atoms with Gasteiger partial charge in [0.25, 0.3) is 0 Å². The lowest BCUT2D eigenvalue weighted by Gasteiger charge is -2.35.